The summed E-state index contributed by atoms with van der Waals surface area (Å²) in [7, 11) is 0. The monoisotopic (exact) mass is 223 g/mol. The van der Waals surface area contributed by atoms with Crippen LogP contribution in [0.4, 0.5) is 0 Å². The Bertz CT molecular complexity index is 335. The highest BCUT2D eigenvalue weighted by atomic mass is 16.5. The average Bonchev–Trinajstić information content (AvgIpc) is 2.72. The highest BCUT2D eigenvalue weighted by molar-refractivity contribution is 5.90. The molecule has 0 unspecified atom stereocenters. The zero-order valence-corrected chi connectivity index (χ0v) is 9.52. The van der Waals surface area contributed by atoms with E-state index in [0.29, 0.717) is 18.6 Å². The molecule has 3 aliphatic rings. The minimum Gasteiger partial charge on any atom is -0.368 e. The van der Waals surface area contributed by atoms with Crippen LogP contribution in [0.5, 0.6) is 0 Å². The second-order valence-corrected chi connectivity index (χ2v) is 5.17. The van der Waals surface area contributed by atoms with Gasteiger partial charge in [-0.25, -0.2) is 0 Å². The number of piperidine rings is 1. The Balaban J connectivity index is 1.76. The number of ketones is 1. The molecule has 0 aromatic heterocycles. The number of carbonyl (C=O) groups excluding carboxylic acids is 2. The fraction of sp³-hybridized carbons (Fsp3) is 0.833. The summed E-state index contributed by atoms with van der Waals surface area (Å²) in [6.45, 7) is 2.27. The average molecular weight is 223 g/mol. The number of hydrogen-bond donors (Lipinski definition) is 0. The molecule has 0 radical (unpaired) electrons. The lowest BCUT2D eigenvalue weighted by Gasteiger charge is -2.27. The first kappa shape index (κ1) is 10.3. The molecule has 2 heterocycles. The van der Waals surface area contributed by atoms with E-state index in [-0.39, 0.29) is 23.8 Å². The van der Waals surface area contributed by atoms with Gasteiger partial charge in [-0.1, -0.05) is 0 Å². The number of ether oxygens (including phenoxy) is 1. The smallest absolute Gasteiger partial charge is 0.252 e. The lowest BCUT2D eigenvalue weighted by molar-refractivity contribution is -0.146. The summed E-state index contributed by atoms with van der Waals surface area (Å²) in [4.78, 5) is 25.6. The van der Waals surface area contributed by atoms with Crippen LogP contribution in [0.25, 0.3) is 0 Å². The molecule has 0 spiro atoms. The van der Waals surface area contributed by atoms with Gasteiger partial charge in [0.1, 0.15) is 6.10 Å². The zero-order chi connectivity index (χ0) is 11.3. The SMILES string of the molecule is CC(=O)[C@@H]1C[C@H]2C[C@H]2N1C(=O)[C@H]1CCCO1. The van der Waals surface area contributed by atoms with Crippen molar-refractivity contribution in [1.29, 1.82) is 0 Å². The maximum Gasteiger partial charge on any atom is 0.252 e. The van der Waals surface area contributed by atoms with Crippen molar-refractivity contribution in [3.8, 4) is 0 Å². The number of amides is 1. The van der Waals surface area contributed by atoms with Crippen molar-refractivity contribution in [2.24, 2.45) is 5.92 Å². The summed E-state index contributed by atoms with van der Waals surface area (Å²) < 4.78 is 5.42. The van der Waals surface area contributed by atoms with Crippen LogP contribution in [0.15, 0.2) is 0 Å². The summed E-state index contributed by atoms with van der Waals surface area (Å²) >= 11 is 0. The van der Waals surface area contributed by atoms with E-state index < -0.39 is 0 Å². The maximum atomic E-state index is 12.2. The van der Waals surface area contributed by atoms with Gasteiger partial charge in [-0.15, -0.1) is 0 Å². The summed E-state index contributed by atoms with van der Waals surface area (Å²) in [6, 6.07) is 0.172. The van der Waals surface area contributed by atoms with Gasteiger partial charge < -0.3 is 9.64 Å². The van der Waals surface area contributed by atoms with Crippen molar-refractivity contribution >= 4 is 11.7 Å². The molecule has 0 bridgehead atoms. The van der Waals surface area contributed by atoms with Crippen molar-refractivity contribution in [1.82, 2.24) is 4.90 Å². The molecule has 16 heavy (non-hydrogen) atoms. The number of carbonyl (C=O) groups is 2. The van der Waals surface area contributed by atoms with Crippen molar-refractivity contribution < 1.29 is 14.3 Å². The first-order chi connectivity index (χ1) is 7.68. The summed E-state index contributed by atoms with van der Waals surface area (Å²) in [6.07, 6.45) is 3.46. The second kappa shape index (κ2) is 3.55. The Kier molecular flexibility index (Phi) is 2.28. The minimum atomic E-state index is -0.277. The number of nitrogens with zero attached hydrogens (tertiary/aromatic N) is 1. The molecule has 3 rings (SSSR count). The first-order valence-corrected chi connectivity index (χ1v) is 6.12. The van der Waals surface area contributed by atoms with E-state index >= 15 is 0 Å². The lowest BCUT2D eigenvalue weighted by atomic mass is 10.1. The van der Waals surface area contributed by atoms with Gasteiger partial charge in [0.05, 0.1) is 6.04 Å². The van der Waals surface area contributed by atoms with Crippen LogP contribution in [0, 0.1) is 5.92 Å². The van der Waals surface area contributed by atoms with E-state index in [2.05, 4.69) is 0 Å². The molecule has 1 aliphatic carbocycles. The Hall–Kier alpha value is -0.900. The molecular weight excluding hydrogens is 206 g/mol. The molecule has 0 aromatic rings. The molecule has 0 N–H and O–H groups in total. The molecule has 2 aliphatic heterocycles. The molecule has 3 fully saturated rings. The van der Waals surface area contributed by atoms with Crippen molar-refractivity contribution in [3.63, 3.8) is 0 Å². The summed E-state index contributed by atoms with van der Waals surface area (Å²) in [5.41, 5.74) is 0. The first-order valence-electron chi connectivity index (χ1n) is 6.12. The van der Waals surface area contributed by atoms with E-state index in [1.807, 2.05) is 4.90 Å². The molecule has 1 amide bonds. The highest BCUT2D eigenvalue weighted by Gasteiger charge is 2.56. The Morgan fingerprint density at radius 2 is 2.12 bits per heavy atom. The molecule has 4 heteroatoms. The largest absolute Gasteiger partial charge is 0.368 e. The van der Waals surface area contributed by atoms with Gasteiger partial charge in [-0.3, -0.25) is 9.59 Å². The van der Waals surface area contributed by atoms with Crippen LogP contribution < -0.4 is 0 Å². The van der Waals surface area contributed by atoms with E-state index in [1.54, 1.807) is 6.92 Å². The molecule has 88 valence electrons. The fourth-order valence-corrected chi connectivity index (χ4v) is 3.07. The van der Waals surface area contributed by atoms with E-state index in [1.165, 1.54) is 0 Å². The third kappa shape index (κ3) is 1.47. The standard InChI is InChI=1S/C12H17NO3/c1-7(14)9-5-8-6-10(8)13(9)12(15)11-3-2-4-16-11/h8-11H,2-6H2,1H3/t8-,9-,10+,11+/m0/s1. The highest BCUT2D eigenvalue weighted by Crippen LogP contribution is 2.48. The molecule has 1 saturated carbocycles. The number of fused-ring (bicyclic) bond motifs is 1. The number of likely N-dealkylation sites (tertiary alicyclic amines) is 1. The van der Waals surface area contributed by atoms with Crippen molar-refractivity contribution in [2.75, 3.05) is 6.61 Å². The van der Waals surface area contributed by atoms with Gasteiger partial charge in [0.2, 0.25) is 0 Å². The Morgan fingerprint density at radius 3 is 2.75 bits per heavy atom. The molecule has 4 atom stereocenters. The quantitative estimate of drug-likeness (QED) is 0.693. The van der Waals surface area contributed by atoms with Crippen LogP contribution in [0.2, 0.25) is 0 Å². The zero-order valence-electron chi connectivity index (χ0n) is 9.52. The predicted octanol–water partition coefficient (Wildman–Crippen LogP) is 0.744. The lowest BCUT2D eigenvalue weighted by Crippen LogP contribution is -2.46. The van der Waals surface area contributed by atoms with Gasteiger partial charge in [0, 0.05) is 12.6 Å². The van der Waals surface area contributed by atoms with E-state index in [0.717, 1.165) is 25.7 Å². The van der Waals surface area contributed by atoms with E-state index in [9.17, 15) is 9.59 Å². The van der Waals surface area contributed by atoms with Gasteiger partial charge >= 0.3 is 0 Å². The van der Waals surface area contributed by atoms with Gasteiger partial charge in [-0.2, -0.15) is 0 Å². The predicted molar refractivity (Wildman–Crippen MR) is 56.8 cm³/mol. The minimum absolute atomic E-state index is 0.0581. The second-order valence-electron chi connectivity index (χ2n) is 5.17. The van der Waals surface area contributed by atoms with Crippen molar-refractivity contribution in [3.05, 3.63) is 0 Å². The number of Topliss-reactive ketones (excluding diaryl/α,β-unsaturated/α-hetero) is 1. The van der Waals surface area contributed by atoms with Crippen LogP contribution >= 0.6 is 0 Å². The van der Waals surface area contributed by atoms with E-state index in [4.69, 9.17) is 4.74 Å². The van der Waals surface area contributed by atoms with Gasteiger partial charge in [0.15, 0.2) is 5.78 Å². The fourth-order valence-electron chi connectivity index (χ4n) is 3.07. The molecule has 0 aromatic carbocycles. The van der Waals surface area contributed by atoms with Crippen LogP contribution in [-0.4, -0.2) is 41.4 Å². The Labute approximate surface area is 94.9 Å². The van der Waals surface area contributed by atoms with Gasteiger partial charge in [-0.05, 0) is 38.5 Å². The maximum absolute atomic E-state index is 12.2. The van der Waals surface area contributed by atoms with Gasteiger partial charge in [0.25, 0.3) is 5.91 Å². The third-order valence-corrected chi connectivity index (χ3v) is 4.03. The summed E-state index contributed by atoms with van der Waals surface area (Å²) in [5.74, 6) is 0.764. The molecular formula is C12H17NO3. The summed E-state index contributed by atoms with van der Waals surface area (Å²) in [5, 5.41) is 0. The third-order valence-electron chi connectivity index (χ3n) is 4.03. The topological polar surface area (TPSA) is 46.6 Å². The van der Waals surface area contributed by atoms with Crippen LogP contribution in [0.1, 0.15) is 32.6 Å². The van der Waals surface area contributed by atoms with Crippen LogP contribution in [0.3, 0.4) is 0 Å². The number of rotatable bonds is 2. The van der Waals surface area contributed by atoms with Crippen molar-refractivity contribution in [2.45, 2.75) is 50.8 Å². The number of hydrogen-bond acceptors (Lipinski definition) is 3. The molecule has 2 saturated heterocycles. The normalized spacial score (nSPS) is 40.9. The Morgan fingerprint density at radius 1 is 1.31 bits per heavy atom. The van der Waals surface area contributed by atoms with Crippen LogP contribution in [-0.2, 0) is 14.3 Å². The molecule has 4 nitrogen and oxygen atoms in total.